The molecule has 0 aliphatic carbocycles. The van der Waals surface area contributed by atoms with Crippen LogP contribution >= 0.6 is 11.3 Å². The maximum atomic E-state index is 6.02. The van der Waals surface area contributed by atoms with Crippen molar-refractivity contribution in [2.45, 2.75) is 45.8 Å². The number of likely N-dealkylation sites (N-methyl/N-ethyl adjacent to an activating group) is 1. The van der Waals surface area contributed by atoms with Gasteiger partial charge in [0.25, 0.3) is 0 Å². The molecule has 1 aromatic heterocycles. The molecule has 1 aromatic rings. The predicted octanol–water partition coefficient (Wildman–Crippen LogP) is 2.08. The first-order chi connectivity index (χ1) is 9.72. The van der Waals surface area contributed by atoms with Crippen molar-refractivity contribution in [2.24, 2.45) is 0 Å². The number of aryl methyl sites for hydroxylation is 1. The Morgan fingerprint density at radius 2 is 2.40 bits per heavy atom. The van der Waals surface area contributed by atoms with Gasteiger partial charge in [-0.25, -0.2) is 4.98 Å². The molecule has 0 aromatic carbocycles. The Labute approximate surface area is 126 Å². The molecule has 2 rings (SSSR count). The molecule has 1 aliphatic heterocycles. The summed E-state index contributed by atoms with van der Waals surface area (Å²) in [7, 11) is 0. The van der Waals surface area contributed by atoms with Crippen LogP contribution in [0.4, 0.5) is 0 Å². The molecular weight excluding hydrogens is 270 g/mol. The van der Waals surface area contributed by atoms with Gasteiger partial charge in [0, 0.05) is 36.6 Å². The molecule has 1 fully saturated rings. The molecule has 0 saturated carbocycles. The van der Waals surface area contributed by atoms with E-state index in [0.717, 1.165) is 38.4 Å². The summed E-state index contributed by atoms with van der Waals surface area (Å²) in [4.78, 5) is 7.11. The van der Waals surface area contributed by atoms with E-state index in [1.165, 1.54) is 18.0 Å². The summed E-state index contributed by atoms with van der Waals surface area (Å²) in [6.45, 7) is 11.6. The number of nitrogens with one attached hydrogen (secondary N) is 1. The predicted molar refractivity (Wildman–Crippen MR) is 84.5 cm³/mol. The highest BCUT2D eigenvalue weighted by molar-refractivity contribution is 7.09. The highest BCUT2D eigenvalue weighted by atomic mass is 32.1. The van der Waals surface area contributed by atoms with Crippen molar-refractivity contribution in [1.29, 1.82) is 0 Å². The van der Waals surface area contributed by atoms with Crippen LogP contribution in [0, 0.1) is 6.92 Å². The number of aromatic nitrogens is 1. The number of rotatable bonds is 7. The highest BCUT2D eigenvalue weighted by Gasteiger charge is 2.28. The van der Waals surface area contributed by atoms with Crippen LogP contribution in [0.2, 0.25) is 0 Å². The second kappa shape index (κ2) is 8.08. The molecule has 0 spiro atoms. The summed E-state index contributed by atoms with van der Waals surface area (Å²) in [5, 5.41) is 6.93. The van der Waals surface area contributed by atoms with Crippen molar-refractivity contribution in [1.82, 2.24) is 15.2 Å². The van der Waals surface area contributed by atoms with Gasteiger partial charge in [-0.3, -0.25) is 4.90 Å². The van der Waals surface area contributed by atoms with Crippen molar-refractivity contribution < 1.29 is 4.74 Å². The molecule has 4 nitrogen and oxygen atoms in total. The van der Waals surface area contributed by atoms with E-state index >= 15 is 0 Å². The molecule has 1 N–H and O–H groups in total. The van der Waals surface area contributed by atoms with Crippen LogP contribution in [0.3, 0.4) is 0 Å². The number of thiazole rings is 1. The van der Waals surface area contributed by atoms with Crippen LogP contribution in [0.1, 0.15) is 31.0 Å². The summed E-state index contributed by atoms with van der Waals surface area (Å²) in [6.07, 6.45) is 2.46. The standard InChI is InChI=1S/C15H27N3OS/c1-4-6-18-7-8-19-14(10-18)13(16-5-2)9-15-17-12(3)11-20-15/h11,13-14,16H,4-10H2,1-3H3. The fourth-order valence-corrected chi connectivity index (χ4v) is 3.61. The smallest absolute Gasteiger partial charge is 0.0944 e. The van der Waals surface area contributed by atoms with E-state index in [1.54, 1.807) is 11.3 Å². The second-order valence-electron chi connectivity index (χ2n) is 5.46. The Bertz CT molecular complexity index is 394. The topological polar surface area (TPSA) is 37.4 Å². The summed E-state index contributed by atoms with van der Waals surface area (Å²) in [5.74, 6) is 0. The monoisotopic (exact) mass is 297 g/mol. The second-order valence-corrected chi connectivity index (χ2v) is 6.40. The van der Waals surface area contributed by atoms with Gasteiger partial charge in [0.2, 0.25) is 0 Å². The maximum absolute atomic E-state index is 6.02. The van der Waals surface area contributed by atoms with E-state index in [0.29, 0.717) is 6.04 Å². The summed E-state index contributed by atoms with van der Waals surface area (Å²) < 4.78 is 6.02. The van der Waals surface area contributed by atoms with E-state index in [-0.39, 0.29) is 6.10 Å². The minimum Gasteiger partial charge on any atom is -0.374 e. The Morgan fingerprint density at radius 3 is 3.05 bits per heavy atom. The Kier molecular flexibility index (Phi) is 6.42. The average molecular weight is 297 g/mol. The van der Waals surface area contributed by atoms with Gasteiger partial charge in [-0.1, -0.05) is 13.8 Å². The van der Waals surface area contributed by atoms with Crippen LogP contribution in [-0.4, -0.2) is 54.8 Å². The summed E-state index contributed by atoms with van der Waals surface area (Å²) in [5.41, 5.74) is 1.12. The molecule has 0 radical (unpaired) electrons. The SMILES string of the molecule is CCCN1CCOC(C(Cc2nc(C)cs2)NCC)C1. The zero-order valence-electron chi connectivity index (χ0n) is 12.9. The third-order valence-corrected chi connectivity index (χ3v) is 4.68. The molecular formula is C15H27N3OS. The van der Waals surface area contributed by atoms with Gasteiger partial charge in [-0.05, 0) is 26.4 Å². The average Bonchev–Trinajstić information content (AvgIpc) is 2.84. The van der Waals surface area contributed by atoms with Crippen molar-refractivity contribution in [3.8, 4) is 0 Å². The van der Waals surface area contributed by atoms with Gasteiger partial charge >= 0.3 is 0 Å². The Balaban J connectivity index is 1.96. The van der Waals surface area contributed by atoms with Crippen molar-refractivity contribution in [3.63, 3.8) is 0 Å². The first-order valence-corrected chi connectivity index (χ1v) is 8.59. The Hall–Kier alpha value is -0.490. The molecule has 1 saturated heterocycles. The van der Waals surface area contributed by atoms with Crippen molar-refractivity contribution in [2.75, 3.05) is 32.8 Å². The van der Waals surface area contributed by atoms with E-state index < -0.39 is 0 Å². The lowest BCUT2D eigenvalue weighted by Gasteiger charge is -2.37. The minimum absolute atomic E-state index is 0.277. The third-order valence-electron chi connectivity index (χ3n) is 3.69. The van der Waals surface area contributed by atoms with Crippen LogP contribution < -0.4 is 5.32 Å². The van der Waals surface area contributed by atoms with Crippen LogP contribution in [0.5, 0.6) is 0 Å². The first-order valence-electron chi connectivity index (χ1n) is 7.71. The lowest BCUT2D eigenvalue weighted by atomic mass is 10.1. The molecule has 0 amide bonds. The van der Waals surface area contributed by atoms with Gasteiger partial charge < -0.3 is 10.1 Å². The zero-order valence-corrected chi connectivity index (χ0v) is 13.7. The van der Waals surface area contributed by atoms with Crippen LogP contribution in [-0.2, 0) is 11.2 Å². The summed E-state index contributed by atoms with van der Waals surface area (Å²) in [6, 6.07) is 0.366. The van der Waals surface area contributed by atoms with Gasteiger partial charge in [-0.2, -0.15) is 0 Å². The largest absolute Gasteiger partial charge is 0.374 e. The molecule has 0 bridgehead atoms. The van der Waals surface area contributed by atoms with E-state index in [4.69, 9.17) is 4.74 Å². The van der Waals surface area contributed by atoms with E-state index in [9.17, 15) is 0 Å². The van der Waals surface area contributed by atoms with Crippen molar-refractivity contribution >= 4 is 11.3 Å². The number of hydrogen-bond donors (Lipinski definition) is 1. The molecule has 2 atom stereocenters. The molecule has 2 unspecified atom stereocenters. The first kappa shape index (κ1) is 15.9. The fraction of sp³-hybridized carbons (Fsp3) is 0.800. The molecule has 1 aliphatic rings. The van der Waals surface area contributed by atoms with Crippen LogP contribution in [0.25, 0.3) is 0 Å². The normalized spacial score (nSPS) is 22.1. The molecule has 2 heterocycles. The maximum Gasteiger partial charge on any atom is 0.0944 e. The zero-order chi connectivity index (χ0) is 14.4. The quantitative estimate of drug-likeness (QED) is 0.836. The van der Waals surface area contributed by atoms with Gasteiger partial charge in [0.05, 0.1) is 17.7 Å². The lowest BCUT2D eigenvalue weighted by molar-refractivity contribution is -0.0459. The minimum atomic E-state index is 0.277. The highest BCUT2D eigenvalue weighted by Crippen LogP contribution is 2.16. The lowest BCUT2D eigenvalue weighted by Crippen LogP contribution is -2.53. The van der Waals surface area contributed by atoms with Crippen LogP contribution in [0.15, 0.2) is 5.38 Å². The van der Waals surface area contributed by atoms with E-state index in [1.807, 2.05) is 0 Å². The Morgan fingerprint density at radius 1 is 1.55 bits per heavy atom. The summed E-state index contributed by atoms with van der Waals surface area (Å²) >= 11 is 1.76. The molecule has 5 heteroatoms. The molecule has 20 heavy (non-hydrogen) atoms. The van der Waals surface area contributed by atoms with Gasteiger partial charge in [0.1, 0.15) is 0 Å². The van der Waals surface area contributed by atoms with Gasteiger partial charge in [0.15, 0.2) is 0 Å². The third kappa shape index (κ3) is 4.52. The molecule has 114 valence electrons. The number of ether oxygens (including phenoxy) is 1. The van der Waals surface area contributed by atoms with Gasteiger partial charge in [-0.15, -0.1) is 11.3 Å². The fourth-order valence-electron chi connectivity index (χ4n) is 2.78. The number of nitrogens with zero attached hydrogens (tertiary/aromatic N) is 2. The number of hydrogen-bond acceptors (Lipinski definition) is 5. The number of morpholine rings is 1. The van der Waals surface area contributed by atoms with E-state index in [2.05, 4.69) is 41.4 Å². The van der Waals surface area contributed by atoms with Crippen molar-refractivity contribution in [3.05, 3.63) is 16.1 Å².